The molecule has 0 saturated carbocycles. The van der Waals surface area contributed by atoms with Crippen LogP contribution in [0.25, 0.3) is 0 Å². The van der Waals surface area contributed by atoms with E-state index < -0.39 is 6.43 Å². The molecule has 0 aromatic carbocycles. The van der Waals surface area contributed by atoms with Gasteiger partial charge in [0, 0.05) is 24.3 Å². The van der Waals surface area contributed by atoms with Gasteiger partial charge in [0.15, 0.2) is 0 Å². The molecule has 1 aromatic heterocycles. The van der Waals surface area contributed by atoms with Crippen molar-refractivity contribution >= 4 is 11.8 Å². The molecule has 124 valence electrons. The van der Waals surface area contributed by atoms with Gasteiger partial charge in [-0.2, -0.15) is 11.8 Å². The summed E-state index contributed by atoms with van der Waals surface area (Å²) in [7, 11) is 1.72. The van der Waals surface area contributed by atoms with Crippen molar-refractivity contribution in [2.24, 2.45) is 0 Å². The number of alkyl halides is 2. The van der Waals surface area contributed by atoms with Crippen LogP contribution in [0.3, 0.4) is 0 Å². The third kappa shape index (κ3) is 4.64. The Hall–Kier alpha value is -0.720. The van der Waals surface area contributed by atoms with Crippen LogP contribution in [-0.4, -0.2) is 49.4 Å². The van der Waals surface area contributed by atoms with E-state index in [9.17, 15) is 8.78 Å². The van der Waals surface area contributed by atoms with Crippen LogP contribution in [-0.2, 0) is 11.3 Å². The highest BCUT2D eigenvalue weighted by atomic mass is 32.2. The first-order valence-electron chi connectivity index (χ1n) is 7.58. The summed E-state index contributed by atoms with van der Waals surface area (Å²) in [6.07, 6.45) is 0.704. The molecule has 2 heterocycles. The van der Waals surface area contributed by atoms with Gasteiger partial charge in [0.05, 0.1) is 24.5 Å². The Bertz CT molecular complexity index is 481. The lowest BCUT2D eigenvalue weighted by molar-refractivity contribution is 0.0968. The lowest BCUT2D eigenvalue weighted by atomic mass is 9.96. The molecule has 0 amide bonds. The molecule has 6 heteroatoms. The van der Waals surface area contributed by atoms with E-state index in [1.54, 1.807) is 23.7 Å². The summed E-state index contributed by atoms with van der Waals surface area (Å²) in [6.45, 7) is 3.79. The van der Waals surface area contributed by atoms with Crippen molar-refractivity contribution in [2.45, 2.75) is 37.5 Å². The van der Waals surface area contributed by atoms with Gasteiger partial charge in [-0.05, 0) is 38.3 Å². The molecular formula is C16H24F2N2OS. The third-order valence-electron chi connectivity index (χ3n) is 4.04. The van der Waals surface area contributed by atoms with Crippen molar-refractivity contribution in [3.05, 3.63) is 29.1 Å². The zero-order valence-corrected chi connectivity index (χ0v) is 14.2. The minimum Gasteiger partial charge on any atom is -0.381 e. The van der Waals surface area contributed by atoms with Crippen LogP contribution in [0.2, 0.25) is 0 Å². The fourth-order valence-corrected chi connectivity index (χ4v) is 3.08. The van der Waals surface area contributed by atoms with Gasteiger partial charge < -0.3 is 4.74 Å². The fraction of sp³-hybridized carbons (Fsp3) is 0.688. The lowest BCUT2D eigenvalue weighted by Gasteiger charge is -2.21. The van der Waals surface area contributed by atoms with Crippen LogP contribution in [0.4, 0.5) is 8.78 Å². The number of hydrogen-bond donors (Lipinski definition) is 0. The van der Waals surface area contributed by atoms with Crippen LogP contribution >= 0.6 is 11.8 Å². The molecule has 2 rings (SSSR count). The first-order chi connectivity index (χ1) is 10.5. The normalized spacial score (nSPS) is 20.0. The molecule has 2 atom stereocenters. The largest absolute Gasteiger partial charge is 0.381 e. The zero-order chi connectivity index (χ0) is 16.1. The Balaban J connectivity index is 2.24. The number of ether oxygens (including phenoxy) is 1. The summed E-state index contributed by atoms with van der Waals surface area (Å²) in [6, 6.07) is 4.17. The standard InChI is InChI=1S/C16H24F2N2OS/c1-11(22-3)14-5-4-13(12-6-7-21-10-12)15(19-14)8-20(2)9-16(17)18/h4-5,11-12,16H,6-10H2,1-3H3/t11?,12-/m1/s1. The third-order valence-corrected chi connectivity index (χ3v) is 4.99. The zero-order valence-electron chi connectivity index (χ0n) is 13.4. The van der Waals surface area contributed by atoms with Crippen LogP contribution in [0.5, 0.6) is 0 Å². The molecular weight excluding hydrogens is 306 g/mol. The second-order valence-corrected chi connectivity index (χ2v) is 6.98. The maximum atomic E-state index is 12.6. The summed E-state index contributed by atoms with van der Waals surface area (Å²) in [5, 5.41) is 0.299. The SMILES string of the molecule is CSC(C)c1ccc([C@@H]2CCOC2)c(CN(C)CC(F)F)n1. The Labute approximate surface area is 135 Å². The minimum atomic E-state index is -2.32. The predicted octanol–water partition coefficient (Wildman–Crippen LogP) is 3.71. The van der Waals surface area contributed by atoms with Crippen molar-refractivity contribution < 1.29 is 13.5 Å². The number of aromatic nitrogens is 1. The molecule has 0 radical (unpaired) electrons. The van der Waals surface area contributed by atoms with Gasteiger partial charge in [0.1, 0.15) is 0 Å². The number of rotatable bonds is 7. The van der Waals surface area contributed by atoms with E-state index in [0.717, 1.165) is 30.0 Å². The highest BCUT2D eigenvalue weighted by Gasteiger charge is 2.23. The molecule has 0 spiro atoms. The molecule has 1 aliphatic rings. The van der Waals surface area contributed by atoms with Crippen LogP contribution < -0.4 is 0 Å². The van der Waals surface area contributed by atoms with Gasteiger partial charge in [-0.15, -0.1) is 0 Å². The summed E-state index contributed by atoms with van der Waals surface area (Å²) in [5.41, 5.74) is 3.07. The van der Waals surface area contributed by atoms with Crippen LogP contribution in [0.1, 0.15) is 41.5 Å². The van der Waals surface area contributed by atoms with E-state index in [1.165, 1.54) is 0 Å². The number of thioether (sulfide) groups is 1. The Morgan fingerprint density at radius 2 is 2.23 bits per heavy atom. The van der Waals surface area contributed by atoms with Crippen LogP contribution in [0, 0.1) is 0 Å². The van der Waals surface area contributed by atoms with Gasteiger partial charge in [-0.3, -0.25) is 9.88 Å². The van der Waals surface area contributed by atoms with E-state index in [-0.39, 0.29) is 6.54 Å². The molecule has 1 saturated heterocycles. The van der Waals surface area contributed by atoms with Gasteiger partial charge in [0.2, 0.25) is 0 Å². The van der Waals surface area contributed by atoms with Gasteiger partial charge in [-0.1, -0.05) is 6.07 Å². The molecule has 3 nitrogen and oxygen atoms in total. The quantitative estimate of drug-likeness (QED) is 0.761. The topological polar surface area (TPSA) is 25.4 Å². The van der Waals surface area contributed by atoms with E-state index in [2.05, 4.69) is 19.1 Å². The molecule has 0 N–H and O–H groups in total. The van der Waals surface area contributed by atoms with Gasteiger partial charge in [0.25, 0.3) is 6.43 Å². The summed E-state index contributed by atoms with van der Waals surface area (Å²) in [4.78, 5) is 6.41. The highest BCUT2D eigenvalue weighted by Crippen LogP contribution is 2.31. The van der Waals surface area contributed by atoms with E-state index in [1.807, 2.05) is 6.26 Å². The molecule has 22 heavy (non-hydrogen) atoms. The lowest BCUT2D eigenvalue weighted by Crippen LogP contribution is -2.26. The molecule has 1 aliphatic heterocycles. The summed E-state index contributed by atoms with van der Waals surface area (Å²) in [5.74, 6) is 0.334. The molecule has 1 aromatic rings. The maximum Gasteiger partial charge on any atom is 0.251 e. The number of halogens is 2. The van der Waals surface area contributed by atoms with Crippen LogP contribution in [0.15, 0.2) is 12.1 Å². The average molecular weight is 330 g/mol. The van der Waals surface area contributed by atoms with Crippen molar-refractivity contribution in [3.8, 4) is 0 Å². The predicted molar refractivity (Wildman–Crippen MR) is 86.7 cm³/mol. The minimum absolute atomic E-state index is 0.232. The first-order valence-corrected chi connectivity index (χ1v) is 8.87. The van der Waals surface area contributed by atoms with Crippen molar-refractivity contribution in [2.75, 3.05) is 33.1 Å². The van der Waals surface area contributed by atoms with E-state index in [4.69, 9.17) is 9.72 Å². The Morgan fingerprint density at radius 3 is 2.82 bits per heavy atom. The van der Waals surface area contributed by atoms with E-state index in [0.29, 0.717) is 24.3 Å². The van der Waals surface area contributed by atoms with Crippen molar-refractivity contribution in [3.63, 3.8) is 0 Å². The molecule has 1 fully saturated rings. The van der Waals surface area contributed by atoms with Crippen molar-refractivity contribution in [1.29, 1.82) is 0 Å². The first kappa shape index (κ1) is 17.6. The van der Waals surface area contributed by atoms with Gasteiger partial charge >= 0.3 is 0 Å². The second kappa shape index (κ2) is 8.22. The Morgan fingerprint density at radius 1 is 1.45 bits per heavy atom. The summed E-state index contributed by atoms with van der Waals surface area (Å²) < 4.78 is 30.6. The molecule has 0 bridgehead atoms. The Kier molecular flexibility index (Phi) is 6.59. The number of nitrogens with zero attached hydrogens (tertiary/aromatic N) is 2. The fourth-order valence-electron chi connectivity index (χ4n) is 2.71. The van der Waals surface area contributed by atoms with E-state index >= 15 is 0 Å². The monoisotopic (exact) mass is 330 g/mol. The summed E-state index contributed by atoms with van der Waals surface area (Å²) >= 11 is 1.73. The van der Waals surface area contributed by atoms with Crippen molar-refractivity contribution in [1.82, 2.24) is 9.88 Å². The highest BCUT2D eigenvalue weighted by molar-refractivity contribution is 7.98. The van der Waals surface area contributed by atoms with Gasteiger partial charge in [-0.25, -0.2) is 8.78 Å². The number of hydrogen-bond acceptors (Lipinski definition) is 4. The maximum absolute atomic E-state index is 12.6. The second-order valence-electron chi connectivity index (χ2n) is 5.80. The average Bonchev–Trinajstić information content (AvgIpc) is 2.99. The molecule has 1 unspecified atom stereocenters. The smallest absolute Gasteiger partial charge is 0.251 e. The number of pyridine rings is 1. The molecule has 0 aliphatic carbocycles.